The van der Waals surface area contributed by atoms with E-state index >= 15 is 0 Å². The maximum atomic E-state index is 12.7. The number of anilines is 1. The van der Waals surface area contributed by atoms with Gasteiger partial charge in [0, 0.05) is 17.8 Å². The number of amides is 1. The van der Waals surface area contributed by atoms with Crippen LogP contribution in [0.1, 0.15) is 23.7 Å². The SMILES string of the molecule is COC(=O)C1(C)CCN1C(=O)c1ccc(-c2ccc(N)cc2)cc1. The van der Waals surface area contributed by atoms with Crippen LogP contribution in [0.25, 0.3) is 11.1 Å². The van der Waals surface area contributed by atoms with Crippen molar-refractivity contribution in [2.24, 2.45) is 0 Å². The summed E-state index contributed by atoms with van der Waals surface area (Å²) in [5.41, 5.74) is 8.15. The predicted octanol–water partition coefficient (Wildman–Crippen LogP) is 2.71. The molecule has 5 nitrogen and oxygen atoms in total. The van der Waals surface area contributed by atoms with Gasteiger partial charge in [-0.2, -0.15) is 0 Å². The van der Waals surface area contributed by atoms with Gasteiger partial charge in [0.25, 0.3) is 5.91 Å². The summed E-state index contributed by atoms with van der Waals surface area (Å²) in [6.45, 7) is 2.30. The van der Waals surface area contributed by atoms with Crippen molar-refractivity contribution in [3.05, 3.63) is 54.1 Å². The smallest absolute Gasteiger partial charge is 0.331 e. The molecule has 1 unspecified atom stereocenters. The summed E-state index contributed by atoms with van der Waals surface area (Å²) in [5, 5.41) is 0. The van der Waals surface area contributed by atoms with Gasteiger partial charge in [0.1, 0.15) is 5.54 Å². The van der Waals surface area contributed by atoms with E-state index in [9.17, 15) is 9.59 Å². The Kier molecular flexibility index (Phi) is 4.01. The number of carbonyl (C=O) groups is 2. The van der Waals surface area contributed by atoms with Crippen LogP contribution in [-0.2, 0) is 9.53 Å². The zero-order valence-electron chi connectivity index (χ0n) is 13.8. The number of nitrogen functional groups attached to an aromatic ring is 1. The van der Waals surface area contributed by atoms with Gasteiger partial charge in [0.15, 0.2) is 0 Å². The average molecular weight is 324 g/mol. The van der Waals surface area contributed by atoms with Crippen LogP contribution in [0.3, 0.4) is 0 Å². The third-order valence-electron chi connectivity index (χ3n) is 4.66. The molecule has 2 N–H and O–H groups in total. The van der Waals surface area contributed by atoms with E-state index in [4.69, 9.17) is 10.5 Å². The summed E-state index contributed by atoms with van der Waals surface area (Å²) in [6, 6.07) is 14.9. The first-order valence-corrected chi connectivity index (χ1v) is 7.82. The van der Waals surface area contributed by atoms with Gasteiger partial charge in [-0.15, -0.1) is 0 Å². The molecule has 3 rings (SSSR count). The van der Waals surface area contributed by atoms with Crippen LogP contribution in [0.2, 0.25) is 0 Å². The highest BCUT2D eigenvalue weighted by Gasteiger charge is 2.50. The van der Waals surface area contributed by atoms with Gasteiger partial charge in [0.05, 0.1) is 7.11 Å². The van der Waals surface area contributed by atoms with Crippen LogP contribution < -0.4 is 5.73 Å². The van der Waals surface area contributed by atoms with E-state index in [-0.39, 0.29) is 11.9 Å². The number of likely N-dealkylation sites (tertiary alicyclic amines) is 1. The maximum absolute atomic E-state index is 12.7. The van der Waals surface area contributed by atoms with Gasteiger partial charge >= 0.3 is 5.97 Å². The Balaban J connectivity index is 1.80. The third-order valence-corrected chi connectivity index (χ3v) is 4.66. The van der Waals surface area contributed by atoms with Crippen molar-refractivity contribution in [3.8, 4) is 11.1 Å². The van der Waals surface area contributed by atoms with Gasteiger partial charge < -0.3 is 15.4 Å². The van der Waals surface area contributed by atoms with Crippen molar-refractivity contribution in [2.75, 3.05) is 19.4 Å². The molecule has 1 fully saturated rings. The standard InChI is InChI=1S/C19H20N2O3/c1-19(18(23)24-2)11-12-21(19)17(22)15-5-3-13(4-6-15)14-7-9-16(20)10-8-14/h3-10H,11-12,20H2,1-2H3. The minimum atomic E-state index is -0.860. The van der Waals surface area contributed by atoms with Crippen molar-refractivity contribution in [3.63, 3.8) is 0 Å². The van der Waals surface area contributed by atoms with Crippen LogP contribution in [0.5, 0.6) is 0 Å². The average Bonchev–Trinajstić information content (AvgIpc) is 2.60. The highest BCUT2D eigenvalue weighted by Crippen LogP contribution is 2.33. The van der Waals surface area contributed by atoms with Gasteiger partial charge in [0.2, 0.25) is 0 Å². The Labute approximate surface area is 141 Å². The molecular formula is C19H20N2O3. The topological polar surface area (TPSA) is 72.6 Å². The predicted molar refractivity (Wildman–Crippen MR) is 92.4 cm³/mol. The van der Waals surface area contributed by atoms with Crippen molar-refractivity contribution < 1.29 is 14.3 Å². The summed E-state index contributed by atoms with van der Waals surface area (Å²) < 4.78 is 4.82. The molecule has 5 heteroatoms. The Hall–Kier alpha value is -2.82. The summed E-state index contributed by atoms with van der Waals surface area (Å²) >= 11 is 0. The fraction of sp³-hybridized carbons (Fsp3) is 0.263. The Morgan fingerprint density at radius 3 is 2.04 bits per heavy atom. The number of esters is 1. The van der Waals surface area contributed by atoms with E-state index in [1.54, 1.807) is 24.0 Å². The quantitative estimate of drug-likeness (QED) is 0.696. The normalized spacial score (nSPS) is 19.5. The molecule has 1 atom stereocenters. The van der Waals surface area contributed by atoms with Crippen LogP contribution in [0.15, 0.2) is 48.5 Å². The van der Waals surface area contributed by atoms with E-state index in [1.807, 2.05) is 36.4 Å². The first-order chi connectivity index (χ1) is 11.5. The summed E-state index contributed by atoms with van der Waals surface area (Å²) in [4.78, 5) is 26.1. The number of methoxy groups -OCH3 is 1. The number of benzene rings is 2. The first-order valence-electron chi connectivity index (χ1n) is 7.82. The lowest BCUT2D eigenvalue weighted by molar-refractivity contribution is -0.159. The van der Waals surface area contributed by atoms with Crippen LogP contribution in [-0.4, -0.2) is 36.0 Å². The van der Waals surface area contributed by atoms with Gasteiger partial charge in [-0.1, -0.05) is 24.3 Å². The fourth-order valence-corrected chi connectivity index (χ4v) is 2.95. The van der Waals surface area contributed by atoms with Crippen molar-refractivity contribution in [1.29, 1.82) is 0 Å². The second-order valence-electron chi connectivity index (χ2n) is 6.17. The molecule has 0 aromatic heterocycles. The largest absolute Gasteiger partial charge is 0.467 e. The number of ether oxygens (including phenoxy) is 1. The van der Waals surface area contributed by atoms with Crippen molar-refractivity contribution in [1.82, 2.24) is 4.90 Å². The number of hydrogen-bond acceptors (Lipinski definition) is 4. The third kappa shape index (κ3) is 2.62. The molecule has 1 heterocycles. The zero-order valence-corrected chi connectivity index (χ0v) is 13.8. The Bertz CT molecular complexity index is 768. The Morgan fingerprint density at radius 2 is 1.58 bits per heavy atom. The molecule has 1 aliphatic heterocycles. The molecular weight excluding hydrogens is 304 g/mol. The second kappa shape index (κ2) is 6.00. The van der Waals surface area contributed by atoms with Crippen LogP contribution in [0.4, 0.5) is 5.69 Å². The van der Waals surface area contributed by atoms with Crippen LogP contribution >= 0.6 is 0 Å². The van der Waals surface area contributed by atoms with E-state index in [0.717, 1.165) is 11.1 Å². The Morgan fingerprint density at radius 1 is 1.04 bits per heavy atom. The molecule has 0 aliphatic carbocycles. The lowest BCUT2D eigenvalue weighted by Crippen LogP contribution is -2.65. The molecule has 1 saturated heterocycles. The zero-order chi connectivity index (χ0) is 17.3. The van der Waals surface area contributed by atoms with E-state index in [2.05, 4.69) is 0 Å². The lowest BCUT2D eigenvalue weighted by Gasteiger charge is -2.48. The molecule has 2 aromatic carbocycles. The van der Waals surface area contributed by atoms with Crippen molar-refractivity contribution in [2.45, 2.75) is 18.9 Å². The minimum Gasteiger partial charge on any atom is -0.467 e. The number of nitrogens with zero attached hydrogens (tertiary/aromatic N) is 1. The van der Waals surface area contributed by atoms with E-state index < -0.39 is 5.54 Å². The lowest BCUT2D eigenvalue weighted by atomic mass is 9.85. The molecule has 24 heavy (non-hydrogen) atoms. The van der Waals surface area contributed by atoms with Gasteiger partial charge in [-0.05, 0) is 48.7 Å². The highest BCUT2D eigenvalue weighted by atomic mass is 16.5. The second-order valence-corrected chi connectivity index (χ2v) is 6.17. The molecule has 2 aromatic rings. The molecule has 1 amide bonds. The first kappa shape index (κ1) is 16.1. The number of rotatable bonds is 3. The molecule has 124 valence electrons. The number of carbonyl (C=O) groups excluding carboxylic acids is 2. The molecule has 0 radical (unpaired) electrons. The number of nitrogens with two attached hydrogens (primary N) is 1. The summed E-state index contributed by atoms with van der Waals surface area (Å²) in [7, 11) is 1.34. The molecule has 0 saturated carbocycles. The molecule has 1 aliphatic rings. The maximum Gasteiger partial charge on any atom is 0.331 e. The summed E-state index contributed by atoms with van der Waals surface area (Å²) in [5.74, 6) is -0.529. The van der Waals surface area contributed by atoms with E-state index in [0.29, 0.717) is 24.2 Å². The monoisotopic (exact) mass is 324 g/mol. The van der Waals surface area contributed by atoms with Gasteiger partial charge in [-0.3, -0.25) is 4.79 Å². The fourth-order valence-electron chi connectivity index (χ4n) is 2.95. The highest BCUT2D eigenvalue weighted by molar-refractivity contribution is 5.99. The van der Waals surface area contributed by atoms with E-state index in [1.165, 1.54) is 7.11 Å². The van der Waals surface area contributed by atoms with Crippen LogP contribution in [0, 0.1) is 0 Å². The number of hydrogen-bond donors (Lipinski definition) is 1. The molecule has 0 spiro atoms. The minimum absolute atomic E-state index is 0.155. The van der Waals surface area contributed by atoms with Gasteiger partial charge in [-0.25, -0.2) is 4.79 Å². The summed E-state index contributed by atoms with van der Waals surface area (Å²) in [6.07, 6.45) is 0.620. The van der Waals surface area contributed by atoms with Crippen molar-refractivity contribution >= 4 is 17.6 Å². The molecule has 0 bridgehead atoms.